The second-order valence-corrected chi connectivity index (χ2v) is 7.79. The van der Waals surface area contributed by atoms with E-state index in [1.165, 1.54) is 11.5 Å². The van der Waals surface area contributed by atoms with Gasteiger partial charge in [0.05, 0.1) is 29.5 Å². The molecule has 1 atom stereocenters. The smallest absolute Gasteiger partial charge is 0.180 e. The van der Waals surface area contributed by atoms with Gasteiger partial charge >= 0.3 is 0 Å². The van der Waals surface area contributed by atoms with Crippen molar-refractivity contribution in [3.05, 3.63) is 42.2 Å². The second kappa shape index (κ2) is 6.95. The molecule has 1 saturated heterocycles. The summed E-state index contributed by atoms with van der Waals surface area (Å²) in [5.74, 6) is 0.676. The van der Waals surface area contributed by atoms with Crippen molar-refractivity contribution in [1.82, 2.24) is 33.8 Å². The van der Waals surface area contributed by atoms with Crippen LogP contribution in [0.5, 0.6) is 0 Å². The number of aryl methyl sites for hydroxylation is 1. The van der Waals surface area contributed by atoms with Crippen molar-refractivity contribution in [2.45, 2.75) is 26.1 Å². The van der Waals surface area contributed by atoms with E-state index in [-0.39, 0.29) is 0 Å². The molecule has 1 aliphatic heterocycles. The molecule has 5 rings (SSSR count). The molecule has 0 spiro atoms. The Bertz CT molecular complexity index is 1100. The number of alkyl halides is 1. The Kier molecular flexibility index (Phi) is 4.29. The highest BCUT2D eigenvalue weighted by atomic mass is 32.1. The summed E-state index contributed by atoms with van der Waals surface area (Å²) in [7, 11) is 0. The van der Waals surface area contributed by atoms with Gasteiger partial charge < -0.3 is 5.32 Å². The Morgan fingerprint density at radius 3 is 3.11 bits per heavy atom. The van der Waals surface area contributed by atoms with Crippen molar-refractivity contribution < 1.29 is 4.39 Å². The number of anilines is 2. The van der Waals surface area contributed by atoms with Crippen molar-refractivity contribution in [2.75, 3.05) is 18.4 Å². The topological polar surface area (TPSA) is 87.0 Å². The lowest BCUT2D eigenvalue weighted by Gasteiger charge is -2.11. The molecule has 0 aliphatic carbocycles. The number of aromatic amines is 1. The summed E-state index contributed by atoms with van der Waals surface area (Å²) in [4.78, 5) is 11.3. The number of halogens is 1. The number of nitrogens with one attached hydrogen (secondary N) is 2. The average Bonchev–Trinajstić information content (AvgIpc) is 3.43. The number of fused-ring (bicyclic) bond motifs is 1. The van der Waals surface area contributed by atoms with Gasteiger partial charge in [-0.15, -0.1) is 0 Å². The highest BCUT2D eigenvalue weighted by Gasteiger charge is 2.22. The summed E-state index contributed by atoms with van der Waals surface area (Å²) < 4.78 is 19.9. The number of hydrogen-bond acceptors (Lipinski definition) is 7. The molecule has 0 bridgehead atoms. The zero-order valence-corrected chi connectivity index (χ0v) is 16.1. The van der Waals surface area contributed by atoms with Crippen LogP contribution in [-0.4, -0.2) is 53.1 Å². The van der Waals surface area contributed by atoms with Crippen LogP contribution in [0.25, 0.3) is 16.9 Å². The van der Waals surface area contributed by atoms with E-state index in [1.807, 2.05) is 36.0 Å². The van der Waals surface area contributed by atoms with E-state index < -0.39 is 6.17 Å². The van der Waals surface area contributed by atoms with Crippen LogP contribution in [0.4, 0.5) is 15.2 Å². The highest BCUT2D eigenvalue weighted by Crippen LogP contribution is 2.28. The lowest BCUT2D eigenvalue weighted by Crippen LogP contribution is -2.20. The molecule has 0 radical (unpaired) electrons. The molecule has 0 aromatic carbocycles. The molecule has 28 heavy (non-hydrogen) atoms. The van der Waals surface area contributed by atoms with Crippen LogP contribution >= 0.6 is 11.5 Å². The third-order valence-corrected chi connectivity index (χ3v) is 5.55. The number of hydrogen-bond donors (Lipinski definition) is 2. The molecule has 4 aromatic heterocycles. The summed E-state index contributed by atoms with van der Waals surface area (Å²) in [6.07, 6.45) is 7.26. The first kappa shape index (κ1) is 17.3. The van der Waals surface area contributed by atoms with Gasteiger partial charge in [0.2, 0.25) is 0 Å². The number of imidazole rings is 1. The van der Waals surface area contributed by atoms with E-state index in [4.69, 9.17) is 0 Å². The van der Waals surface area contributed by atoms with Gasteiger partial charge in [0, 0.05) is 37.6 Å². The van der Waals surface area contributed by atoms with Gasteiger partial charge in [-0.25, -0.2) is 14.4 Å². The average molecular weight is 398 g/mol. The van der Waals surface area contributed by atoms with E-state index in [2.05, 4.69) is 34.8 Å². The Morgan fingerprint density at radius 1 is 1.39 bits per heavy atom. The van der Waals surface area contributed by atoms with Crippen molar-refractivity contribution in [3.63, 3.8) is 0 Å². The number of nitrogens with zero attached hydrogens (tertiary/aromatic N) is 6. The zero-order chi connectivity index (χ0) is 19.1. The predicted octanol–water partition coefficient (Wildman–Crippen LogP) is 3.17. The largest absolute Gasteiger partial charge is 0.328 e. The van der Waals surface area contributed by atoms with Crippen LogP contribution in [0.1, 0.15) is 17.8 Å². The SMILES string of the molecule is Cc1cn2c(-c3cn[nH]c3)cnc2c(Nc2cc(CN3CC[C@@H](F)C3)ns2)n1. The van der Waals surface area contributed by atoms with Gasteiger partial charge in [-0.05, 0) is 30.9 Å². The van der Waals surface area contributed by atoms with Crippen LogP contribution in [0.15, 0.2) is 30.9 Å². The Balaban J connectivity index is 1.41. The monoisotopic (exact) mass is 398 g/mol. The van der Waals surface area contributed by atoms with Gasteiger partial charge in [-0.2, -0.15) is 9.47 Å². The Hall–Kier alpha value is -2.85. The zero-order valence-electron chi connectivity index (χ0n) is 15.3. The second-order valence-electron chi connectivity index (χ2n) is 6.98. The van der Waals surface area contributed by atoms with Crippen LogP contribution in [0.2, 0.25) is 0 Å². The van der Waals surface area contributed by atoms with Crippen LogP contribution in [-0.2, 0) is 6.54 Å². The van der Waals surface area contributed by atoms with Crippen molar-refractivity contribution >= 4 is 28.0 Å². The van der Waals surface area contributed by atoms with E-state index >= 15 is 0 Å². The van der Waals surface area contributed by atoms with Gasteiger partial charge in [0.15, 0.2) is 11.5 Å². The van der Waals surface area contributed by atoms with Gasteiger partial charge in [-0.3, -0.25) is 14.4 Å². The maximum atomic E-state index is 13.4. The molecule has 5 heterocycles. The fraction of sp³-hybridized carbons (Fsp3) is 0.333. The van der Waals surface area contributed by atoms with E-state index in [9.17, 15) is 4.39 Å². The number of likely N-dealkylation sites (tertiary alicyclic amines) is 1. The maximum Gasteiger partial charge on any atom is 0.180 e. The molecular weight excluding hydrogens is 379 g/mol. The molecule has 0 amide bonds. The minimum atomic E-state index is -0.717. The third kappa shape index (κ3) is 3.25. The van der Waals surface area contributed by atoms with Gasteiger partial charge in [0.1, 0.15) is 11.2 Å². The van der Waals surface area contributed by atoms with E-state index in [0.29, 0.717) is 25.3 Å². The summed E-state index contributed by atoms with van der Waals surface area (Å²) >= 11 is 1.37. The molecule has 0 saturated carbocycles. The highest BCUT2D eigenvalue weighted by molar-refractivity contribution is 7.10. The van der Waals surface area contributed by atoms with Crippen LogP contribution in [0, 0.1) is 6.92 Å². The fourth-order valence-corrected chi connectivity index (χ4v) is 4.17. The summed E-state index contributed by atoms with van der Waals surface area (Å²) in [6, 6.07) is 2.00. The molecular formula is C18H19FN8S. The summed E-state index contributed by atoms with van der Waals surface area (Å²) in [5, 5.41) is 11.1. The standard InChI is InChI=1S/C18H19FN8S/c1-11-8-27-15(12-5-21-22-6-12)7-20-18(27)17(23-11)24-16-4-14(25-28-16)10-26-3-2-13(19)9-26/h4-8,13H,2-3,9-10H2,1H3,(H,21,22)(H,23,24)/t13-/m1/s1. The first-order valence-corrected chi connectivity index (χ1v) is 9.86. The molecule has 1 fully saturated rings. The van der Waals surface area contributed by atoms with Crippen LogP contribution < -0.4 is 5.32 Å². The summed E-state index contributed by atoms with van der Waals surface area (Å²) in [5.41, 5.74) is 4.44. The molecule has 2 N–H and O–H groups in total. The van der Waals surface area contributed by atoms with Crippen LogP contribution in [0.3, 0.4) is 0 Å². The van der Waals surface area contributed by atoms with E-state index in [1.54, 1.807) is 6.20 Å². The number of rotatable bonds is 5. The molecule has 0 unspecified atom stereocenters. The molecule has 4 aromatic rings. The lowest BCUT2D eigenvalue weighted by atomic mass is 10.3. The minimum absolute atomic E-state index is 0.491. The number of aromatic nitrogens is 6. The van der Waals surface area contributed by atoms with E-state index in [0.717, 1.165) is 39.8 Å². The normalized spacial score (nSPS) is 17.6. The third-order valence-electron chi connectivity index (χ3n) is 4.81. The quantitative estimate of drug-likeness (QED) is 0.537. The Labute approximate surface area is 164 Å². The predicted molar refractivity (Wildman–Crippen MR) is 105 cm³/mol. The molecule has 10 heteroatoms. The van der Waals surface area contributed by atoms with Gasteiger partial charge in [0.25, 0.3) is 0 Å². The van der Waals surface area contributed by atoms with Gasteiger partial charge in [-0.1, -0.05) is 0 Å². The molecule has 144 valence electrons. The Morgan fingerprint density at radius 2 is 2.32 bits per heavy atom. The fourth-order valence-electron chi connectivity index (χ4n) is 3.52. The first-order valence-electron chi connectivity index (χ1n) is 9.08. The maximum absolute atomic E-state index is 13.4. The molecule has 1 aliphatic rings. The minimum Gasteiger partial charge on any atom is -0.328 e. The lowest BCUT2D eigenvalue weighted by molar-refractivity contribution is 0.281. The molecule has 8 nitrogen and oxygen atoms in total. The summed E-state index contributed by atoms with van der Waals surface area (Å²) in [6.45, 7) is 3.89. The van der Waals surface area contributed by atoms with Crippen molar-refractivity contribution in [1.29, 1.82) is 0 Å². The van der Waals surface area contributed by atoms with Crippen molar-refractivity contribution in [3.8, 4) is 11.3 Å². The first-order chi connectivity index (χ1) is 13.7. The van der Waals surface area contributed by atoms with Crippen molar-refractivity contribution in [2.24, 2.45) is 0 Å². The number of H-pyrrole nitrogens is 1.